The highest BCUT2D eigenvalue weighted by molar-refractivity contribution is 6.35. The number of halogens is 2. The third-order valence-corrected chi connectivity index (χ3v) is 4.54. The van der Waals surface area contributed by atoms with Crippen LogP contribution in [0.2, 0.25) is 10.0 Å². The molecule has 0 aliphatic rings. The van der Waals surface area contributed by atoms with Crippen LogP contribution in [0.1, 0.15) is 16.9 Å². The molecule has 0 atom stereocenters. The molecule has 0 saturated carbocycles. The lowest BCUT2D eigenvalue weighted by Gasteiger charge is -2.15. The second kappa shape index (κ2) is 8.99. The van der Waals surface area contributed by atoms with Crippen molar-refractivity contribution >= 4 is 23.2 Å². The Hall–Kier alpha value is -2.14. The molecule has 2 aromatic carbocycles. The lowest BCUT2D eigenvalue weighted by molar-refractivity contribution is -0.688. The van der Waals surface area contributed by atoms with Crippen molar-refractivity contribution in [3.63, 3.8) is 0 Å². The molecule has 0 fully saturated rings. The van der Waals surface area contributed by atoms with Gasteiger partial charge in [-0.25, -0.2) is 0 Å². The molecule has 26 heavy (non-hydrogen) atoms. The van der Waals surface area contributed by atoms with Crippen molar-refractivity contribution in [2.45, 2.75) is 19.7 Å². The van der Waals surface area contributed by atoms with Crippen LogP contribution in [-0.4, -0.2) is 7.11 Å². The molecule has 0 spiro atoms. The smallest absolute Gasteiger partial charge is 0.170 e. The average Bonchev–Trinajstić information content (AvgIpc) is 3.15. The van der Waals surface area contributed by atoms with E-state index in [1.54, 1.807) is 25.5 Å². The number of hydrogen-bond donors (Lipinski definition) is 1. The van der Waals surface area contributed by atoms with Crippen LogP contribution in [0.5, 0.6) is 11.5 Å². The van der Waals surface area contributed by atoms with E-state index >= 15 is 0 Å². The molecule has 1 aromatic heterocycles. The van der Waals surface area contributed by atoms with E-state index in [-0.39, 0.29) is 0 Å². The molecule has 0 amide bonds. The lowest BCUT2D eigenvalue weighted by atomic mass is 10.1. The Bertz CT molecular complexity index is 850. The highest BCUT2D eigenvalue weighted by Gasteiger charge is 2.13. The van der Waals surface area contributed by atoms with Gasteiger partial charge in [0.1, 0.15) is 19.7 Å². The Morgan fingerprint density at radius 1 is 1.00 bits per heavy atom. The van der Waals surface area contributed by atoms with Crippen LogP contribution >= 0.6 is 23.2 Å². The van der Waals surface area contributed by atoms with Crippen LogP contribution in [0.3, 0.4) is 0 Å². The second-order valence-electron chi connectivity index (χ2n) is 5.75. The summed E-state index contributed by atoms with van der Waals surface area (Å²) in [6, 6.07) is 15.1. The molecular weight excluding hydrogens is 373 g/mol. The van der Waals surface area contributed by atoms with E-state index in [0.717, 1.165) is 35.7 Å². The van der Waals surface area contributed by atoms with Crippen LogP contribution in [0, 0.1) is 0 Å². The van der Waals surface area contributed by atoms with E-state index < -0.39 is 0 Å². The van der Waals surface area contributed by atoms with Gasteiger partial charge in [0.15, 0.2) is 17.3 Å². The topological polar surface area (TPSA) is 48.2 Å². The number of hydrogen-bond acceptors (Lipinski definition) is 3. The predicted molar refractivity (Wildman–Crippen MR) is 102 cm³/mol. The monoisotopic (exact) mass is 392 g/mol. The number of rotatable bonds is 8. The number of quaternary nitrogens is 1. The van der Waals surface area contributed by atoms with Crippen molar-refractivity contribution in [2.24, 2.45) is 0 Å². The largest absolute Gasteiger partial charge is 0.493 e. The maximum atomic E-state index is 6.24. The summed E-state index contributed by atoms with van der Waals surface area (Å²) >= 11 is 12.2. The Kier molecular flexibility index (Phi) is 6.45. The second-order valence-corrected chi connectivity index (χ2v) is 6.59. The van der Waals surface area contributed by atoms with Crippen molar-refractivity contribution in [3.8, 4) is 11.5 Å². The van der Waals surface area contributed by atoms with Crippen molar-refractivity contribution < 1.29 is 19.2 Å². The first-order valence-electron chi connectivity index (χ1n) is 8.24. The first-order valence-corrected chi connectivity index (χ1v) is 8.99. The third-order valence-electron chi connectivity index (χ3n) is 3.96. The highest BCUT2D eigenvalue weighted by Crippen LogP contribution is 2.32. The molecule has 0 aliphatic carbocycles. The van der Waals surface area contributed by atoms with E-state index in [2.05, 4.69) is 5.32 Å². The van der Waals surface area contributed by atoms with Crippen LogP contribution in [0.15, 0.2) is 59.2 Å². The molecule has 2 N–H and O–H groups in total. The first-order chi connectivity index (χ1) is 12.7. The zero-order chi connectivity index (χ0) is 18.4. The summed E-state index contributed by atoms with van der Waals surface area (Å²) in [5.41, 5.74) is 1.91. The van der Waals surface area contributed by atoms with Crippen molar-refractivity contribution in [2.75, 3.05) is 7.11 Å². The minimum absolute atomic E-state index is 0.335. The van der Waals surface area contributed by atoms with Crippen molar-refractivity contribution in [3.05, 3.63) is 81.7 Å². The normalized spacial score (nSPS) is 10.7. The summed E-state index contributed by atoms with van der Waals surface area (Å²) in [6.07, 6.45) is 1.68. The van der Waals surface area contributed by atoms with Gasteiger partial charge in [0, 0.05) is 15.6 Å². The Labute approximate surface area is 162 Å². The van der Waals surface area contributed by atoms with E-state index in [9.17, 15) is 0 Å². The number of methoxy groups -OCH3 is 1. The third kappa shape index (κ3) is 4.73. The molecule has 3 aromatic rings. The lowest BCUT2D eigenvalue weighted by Crippen LogP contribution is -2.80. The summed E-state index contributed by atoms with van der Waals surface area (Å²) in [5.74, 6) is 2.35. The van der Waals surface area contributed by atoms with Gasteiger partial charge in [-0.3, -0.25) is 0 Å². The van der Waals surface area contributed by atoms with Gasteiger partial charge in [-0.05, 0) is 36.4 Å². The van der Waals surface area contributed by atoms with Crippen LogP contribution in [-0.2, 0) is 19.7 Å². The molecule has 0 unspecified atom stereocenters. The number of para-hydroxylation sites is 1. The van der Waals surface area contributed by atoms with E-state index in [1.165, 1.54) is 0 Å². The van der Waals surface area contributed by atoms with Crippen LogP contribution in [0.4, 0.5) is 0 Å². The first kappa shape index (κ1) is 18.6. The molecule has 4 nitrogen and oxygen atoms in total. The molecule has 0 saturated heterocycles. The van der Waals surface area contributed by atoms with Gasteiger partial charge in [0.05, 0.1) is 18.9 Å². The molecular formula is C20H20Cl2NO3+. The van der Waals surface area contributed by atoms with Gasteiger partial charge in [0.2, 0.25) is 0 Å². The van der Waals surface area contributed by atoms with Crippen molar-refractivity contribution in [1.82, 2.24) is 0 Å². The molecule has 6 heteroatoms. The van der Waals surface area contributed by atoms with Gasteiger partial charge < -0.3 is 19.2 Å². The highest BCUT2D eigenvalue weighted by atomic mass is 35.5. The number of furan rings is 1. The summed E-state index contributed by atoms with van der Waals surface area (Å²) in [5, 5.41) is 3.33. The number of nitrogens with two attached hydrogens (primary N) is 1. The maximum absolute atomic E-state index is 6.24. The van der Waals surface area contributed by atoms with E-state index in [4.69, 9.17) is 37.1 Å². The zero-order valence-corrected chi connectivity index (χ0v) is 15.9. The molecule has 0 bridgehead atoms. The van der Waals surface area contributed by atoms with Crippen molar-refractivity contribution in [1.29, 1.82) is 0 Å². The van der Waals surface area contributed by atoms with Gasteiger partial charge in [-0.1, -0.05) is 35.3 Å². The zero-order valence-electron chi connectivity index (χ0n) is 14.4. The SMILES string of the molecule is COc1cccc(C[NH2+]Cc2ccco2)c1OCc1ccc(Cl)cc1Cl. The quantitative estimate of drug-likeness (QED) is 0.616. The maximum Gasteiger partial charge on any atom is 0.170 e. The fraction of sp³-hybridized carbons (Fsp3) is 0.200. The number of ether oxygens (including phenoxy) is 2. The standard InChI is InChI=1S/C20H19Cl2NO3/c1-24-19-6-2-4-14(11-23-12-17-5-3-9-25-17)20(19)26-13-15-7-8-16(21)10-18(15)22/h2-10,23H,11-13H2,1H3/p+1. The predicted octanol–water partition coefficient (Wildman–Crippen LogP) is 4.44. The van der Waals surface area contributed by atoms with Gasteiger partial charge >= 0.3 is 0 Å². The van der Waals surface area contributed by atoms with Gasteiger partial charge in [0.25, 0.3) is 0 Å². The van der Waals surface area contributed by atoms with E-state index in [1.807, 2.05) is 36.4 Å². The average molecular weight is 393 g/mol. The van der Waals surface area contributed by atoms with Gasteiger partial charge in [-0.2, -0.15) is 0 Å². The molecule has 0 radical (unpaired) electrons. The molecule has 136 valence electrons. The van der Waals surface area contributed by atoms with Crippen LogP contribution < -0.4 is 14.8 Å². The minimum atomic E-state index is 0.335. The Balaban J connectivity index is 1.71. The fourth-order valence-corrected chi connectivity index (χ4v) is 3.10. The molecule has 3 rings (SSSR count). The Morgan fingerprint density at radius 2 is 1.88 bits per heavy atom. The number of benzene rings is 2. The van der Waals surface area contributed by atoms with Gasteiger partial charge in [-0.15, -0.1) is 0 Å². The minimum Gasteiger partial charge on any atom is -0.493 e. The Morgan fingerprint density at radius 3 is 2.62 bits per heavy atom. The van der Waals surface area contributed by atoms with E-state index in [0.29, 0.717) is 22.4 Å². The molecule has 1 heterocycles. The summed E-state index contributed by atoms with van der Waals surface area (Å²) < 4.78 is 16.9. The van der Waals surface area contributed by atoms with Crippen LogP contribution in [0.25, 0.3) is 0 Å². The summed E-state index contributed by atoms with van der Waals surface area (Å²) in [4.78, 5) is 0. The molecule has 0 aliphatic heterocycles. The summed E-state index contributed by atoms with van der Waals surface area (Å²) in [7, 11) is 1.63. The fourth-order valence-electron chi connectivity index (χ4n) is 2.63. The summed E-state index contributed by atoms with van der Waals surface area (Å²) in [6.45, 7) is 1.83.